The van der Waals surface area contributed by atoms with Crippen LogP contribution in [0.25, 0.3) is 22.2 Å². The highest BCUT2D eigenvalue weighted by Gasteiger charge is 2.37. The number of imide groups is 1. The molecule has 3 aliphatic rings. The van der Waals surface area contributed by atoms with E-state index in [1.807, 2.05) is 24.3 Å². The van der Waals surface area contributed by atoms with Crippen LogP contribution in [0.2, 0.25) is 5.02 Å². The van der Waals surface area contributed by atoms with Gasteiger partial charge in [0, 0.05) is 106 Å². The van der Waals surface area contributed by atoms with Gasteiger partial charge in [-0.3, -0.25) is 29.2 Å². The van der Waals surface area contributed by atoms with Crippen molar-refractivity contribution in [1.82, 2.24) is 29.5 Å². The number of piperidine rings is 2. The molecule has 64 heavy (non-hydrogen) atoms. The summed E-state index contributed by atoms with van der Waals surface area (Å²) in [4.78, 5) is 68.9. The van der Waals surface area contributed by atoms with Crippen LogP contribution in [0.4, 0.5) is 27.3 Å². The molecule has 0 aliphatic carbocycles. The van der Waals surface area contributed by atoms with Gasteiger partial charge in [-0.05, 0) is 67.8 Å². The molecular weight excluding hydrogens is 867 g/mol. The number of carbonyl (C=O) groups is 4. The number of ketones is 1. The number of hydrogen-bond donors (Lipinski definition) is 5. The summed E-state index contributed by atoms with van der Waals surface area (Å²) in [7, 11) is -2.67. The van der Waals surface area contributed by atoms with Crippen molar-refractivity contribution in [2.24, 2.45) is 0 Å². The summed E-state index contributed by atoms with van der Waals surface area (Å²) in [5, 5.41) is 17.9. The Labute approximate surface area is 374 Å². The zero-order chi connectivity index (χ0) is 45.3. The van der Waals surface area contributed by atoms with Crippen molar-refractivity contribution in [2.45, 2.75) is 50.7 Å². The quantitative estimate of drug-likeness (QED) is 0.0814. The minimum atomic E-state index is -4.02. The number of aromatic amines is 1. The summed E-state index contributed by atoms with van der Waals surface area (Å²) in [6.45, 7) is 4.86. The number of H-pyrrole nitrogens is 1. The molecule has 6 heterocycles. The molecule has 0 radical (unpaired) electrons. The van der Waals surface area contributed by atoms with E-state index in [1.165, 1.54) is 31.4 Å². The highest BCUT2D eigenvalue weighted by molar-refractivity contribution is 7.90. The van der Waals surface area contributed by atoms with E-state index in [9.17, 15) is 32.7 Å². The first-order valence-corrected chi connectivity index (χ1v) is 22.8. The summed E-state index contributed by atoms with van der Waals surface area (Å²) in [6.07, 6.45) is 6.26. The number of piperazine rings is 1. The topological polar surface area (TPSA) is 213 Å². The molecule has 3 fully saturated rings. The Morgan fingerprint density at radius 3 is 2.41 bits per heavy atom. The summed E-state index contributed by atoms with van der Waals surface area (Å²) in [5.41, 5.74) is 1.65. The molecule has 5 aromatic rings. The molecular formula is C44H48ClFN10O7S. The standard InChI is InChI=1S/C44H48ClFN10O7S/c1-3-53(2)64(62,63)52-34-6-4-5-30(40(34)46)41(59)32-26-49-42-31(32)21-28(25-48-42)27-7-11-37(47-24-27)55-17-19-56(20-18-55)39(58)23-44(61)13-15-54(16-14-44)36-10-8-29(22-33(36)45)50-35-9-12-38(57)51-43(35)60/h4-8,10-11,21-22,24-26,35,50,52,61H,3,9,12-20,23H2,1-2H3,(H,48,49)(H,51,57,60). The Kier molecular flexibility index (Phi) is 12.6. The number of pyridine rings is 2. The Hall–Kier alpha value is -6.15. The fourth-order valence-electron chi connectivity index (χ4n) is 8.22. The molecule has 8 rings (SSSR count). The molecule has 1 unspecified atom stereocenters. The molecule has 0 bridgehead atoms. The summed E-state index contributed by atoms with van der Waals surface area (Å²) >= 11 is 6.66. The van der Waals surface area contributed by atoms with Gasteiger partial charge in [-0.15, -0.1) is 0 Å². The van der Waals surface area contributed by atoms with Crippen molar-refractivity contribution in [2.75, 3.05) is 72.7 Å². The third-order valence-electron chi connectivity index (χ3n) is 12.2. The van der Waals surface area contributed by atoms with Crippen LogP contribution in [-0.2, 0) is 24.6 Å². The number of carbonyl (C=O) groups excluding carboxylic acids is 4. The van der Waals surface area contributed by atoms with Crippen LogP contribution in [0.5, 0.6) is 0 Å². The maximum atomic E-state index is 15.6. The number of hydrogen-bond acceptors (Lipinski definition) is 12. The number of nitrogens with zero attached hydrogens (tertiary/aromatic N) is 6. The maximum Gasteiger partial charge on any atom is 0.301 e. The molecule has 17 nitrogen and oxygen atoms in total. The lowest BCUT2D eigenvalue weighted by Crippen LogP contribution is -2.52. The number of aliphatic hydroxyl groups is 1. The second-order valence-corrected chi connectivity index (χ2v) is 18.5. The number of anilines is 4. The normalized spacial score (nSPS) is 18.0. The van der Waals surface area contributed by atoms with Crippen molar-refractivity contribution in [3.8, 4) is 11.1 Å². The fourth-order valence-corrected chi connectivity index (χ4v) is 9.45. The van der Waals surface area contributed by atoms with Gasteiger partial charge in [-0.25, -0.2) is 14.4 Å². The number of aromatic nitrogens is 3. The van der Waals surface area contributed by atoms with E-state index in [-0.39, 0.29) is 53.9 Å². The molecule has 2 aromatic carbocycles. The number of amides is 3. The Morgan fingerprint density at radius 1 is 0.969 bits per heavy atom. The van der Waals surface area contributed by atoms with Gasteiger partial charge >= 0.3 is 10.2 Å². The third-order valence-corrected chi connectivity index (χ3v) is 14.1. The number of nitrogens with one attached hydrogen (secondary N) is 4. The Balaban J connectivity index is 0.842. The van der Waals surface area contributed by atoms with E-state index in [2.05, 4.69) is 35.1 Å². The zero-order valence-corrected chi connectivity index (χ0v) is 36.8. The number of benzene rings is 2. The predicted molar refractivity (Wildman–Crippen MR) is 241 cm³/mol. The van der Waals surface area contributed by atoms with E-state index >= 15 is 4.39 Å². The van der Waals surface area contributed by atoms with Gasteiger partial charge < -0.3 is 30.1 Å². The molecule has 336 valence electrons. The molecule has 3 aromatic heterocycles. The number of fused-ring (bicyclic) bond motifs is 1. The molecule has 3 saturated heterocycles. The van der Waals surface area contributed by atoms with Crippen LogP contribution in [0.15, 0.2) is 73.2 Å². The summed E-state index contributed by atoms with van der Waals surface area (Å²) in [5.74, 6) is -1.67. The van der Waals surface area contributed by atoms with Crippen LogP contribution >= 0.6 is 11.6 Å². The molecule has 3 aliphatic heterocycles. The van der Waals surface area contributed by atoms with Gasteiger partial charge in [-0.1, -0.05) is 24.6 Å². The highest BCUT2D eigenvalue weighted by Crippen LogP contribution is 2.35. The van der Waals surface area contributed by atoms with E-state index in [0.29, 0.717) is 85.8 Å². The molecule has 1 atom stereocenters. The lowest BCUT2D eigenvalue weighted by molar-refractivity contribution is -0.138. The largest absolute Gasteiger partial charge is 0.389 e. The van der Waals surface area contributed by atoms with Gasteiger partial charge in [0.05, 0.1) is 34.0 Å². The minimum absolute atomic E-state index is 0.0168. The van der Waals surface area contributed by atoms with Gasteiger partial charge in [0.2, 0.25) is 17.7 Å². The van der Waals surface area contributed by atoms with Gasteiger partial charge in [0.1, 0.15) is 17.5 Å². The SMILES string of the molecule is CCN(C)S(=O)(=O)Nc1cccc(C(=O)c2c[nH]c3ncc(-c4ccc(N5CCN(C(=O)CC6(O)CCN(c7ccc(NC8CCC(=O)NC8=O)cc7Cl)CC6)CC5)nc4)cc23)c1F. The first kappa shape index (κ1) is 44.5. The molecule has 3 amide bonds. The summed E-state index contributed by atoms with van der Waals surface area (Å²) < 4.78 is 44.0. The highest BCUT2D eigenvalue weighted by atomic mass is 35.5. The van der Waals surface area contributed by atoms with Crippen LogP contribution in [0, 0.1) is 5.82 Å². The van der Waals surface area contributed by atoms with E-state index in [1.54, 1.807) is 36.4 Å². The minimum Gasteiger partial charge on any atom is -0.389 e. The molecule has 5 N–H and O–H groups in total. The smallest absolute Gasteiger partial charge is 0.301 e. The molecule has 0 spiro atoms. The van der Waals surface area contributed by atoms with Gasteiger partial charge in [-0.2, -0.15) is 12.7 Å². The predicted octanol–water partition coefficient (Wildman–Crippen LogP) is 4.54. The van der Waals surface area contributed by atoms with Crippen molar-refractivity contribution in [3.05, 3.63) is 95.2 Å². The Bertz CT molecular complexity index is 2720. The van der Waals surface area contributed by atoms with Crippen LogP contribution in [-0.4, -0.2) is 126 Å². The lowest BCUT2D eigenvalue weighted by Gasteiger charge is -2.41. The second kappa shape index (κ2) is 18.1. The van der Waals surface area contributed by atoms with Crippen molar-refractivity contribution in [1.29, 1.82) is 0 Å². The second-order valence-electron chi connectivity index (χ2n) is 16.3. The van der Waals surface area contributed by atoms with Crippen LogP contribution < -0.4 is 25.2 Å². The van der Waals surface area contributed by atoms with Crippen LogP contribution in [0.1, 0.15) is 54.9 Å². The average Bonchev–Trinajstić information content (AvgIpc) is 3.71. The van der Waals surface area contributed by atoms with Crippen molar-refractivity contribution >= 4 is 79.2 Å². The monoisotopic (exact) mass is 914 g/mol. The third kappa shape index (κ3) is 9.38. The maximum absolute atomic E-state index is 15.6. The van der Waals surface area contributed by atoms with E-state index in [4.69, 9.17) is 16.6 Å². The zero-order valence-electron chi connectivity index (χ0n) is 35.2. The van der Waals surface area contributed by atoms with E-state index < -0.39 is 33.5 Å². The average molecular weight is 915 g/mol. The molecule has 0 saturated carbocycles. The van der Waals surface area contributed by atoms with Crippen molar-refractivity contribution < 1.29 is 37.1 Å². The van der Waals surface area contributed by atoms with Crippen molar-refractivity contribution in [3.63, 3.8) is 0 Å². The Morgan fingerprint density at radius 2 is 1.72 bits per heavy atom. The first-order chi connectivity index (χ1) is 30.6. The number of rotatable bonds is 13. The first-order valence-electron chi connectivity index (χ1n) is 21.0. The number of halogens is 2. The molecule has 20 heteroatoms. The summed E-state index contributed by atoms with van der Waals surface area (Å²) in [6, 6.07) is 14.4. The lowest BCUT2D eigenvalue weighted by atomic mass is 9.87. The van der Waals surface area contributed by atoms with Gasteiger partial charge in [0.25, 0.3) is 0 Å². The van der Waals surface area contributed by atoms with Gasteiger partial charge in [0.15, 0.2) is 11.6 Å². The van der Waals surface area contributed by atoms with E-state index in [0.717, 1.165) is 21.4 Å². The fraction of sp³-hybridized carbons (Fsp3) is 0.364. The van der Waals surface area contributed by atoms with Crippen LogP contribution in [0.3, 0.4) is 0 Å².